The molecule has 0 spiro atoms. The Morgan fingerprint density at radius 3 is 2.44 bits per heavy atom. The summed E-state index contributed by atoms with van der Waals surface area (Å²) in [5, 5.41) is 11.5. The zero-order chi connectivity index (χ0) is 25.8. The second kappa shape index (κ2) is 10.6. The lowest BCUT2D eigenvalue weighted by molar-refractivity contribution is -0.140. The number of pyridine rings is 1. The van der Waals surface area contributed by atoms with Gasteiger partial charge in [-0.05, 0) is 55.0 Å². The van der Waals surface area contributed by atoms with Crippen molar-refractivity contribution in [3.05, 3.63) is 99.8 Å². The summed E-state index contributed by atoms with van der Waals surface area (Å²) in [4.78, 5) is 44.0. The van der Waals surface area contributed by atoms with Crippen LogP contribution in [0, 0.1) is 0 Å². The van der Waals surface area contributed by atoms with Gasteiger partial charge in [0, 0.05) is 18.3 Å². The molecule has 9 heteroatoms. The minimum Gasteiger partial charge on any atom is -0.507 e. The molecule has 1 amide bonds. The number of amides is 1. The molecule has 0 saturated carbocycles. The van der Waals surface area contributed by atoms with Crippen molar-refractivity contribution in [3.8, 4) is 5.75 Å². The molecule has 3 aromatic rings. The van der Waals surface area contributed by atoms with Crippen molar-refractivity contribution >= 4 is 35.0 Å². The van der Waals surface area contributed by atoms with E-state index < -0.39 is 23.7 Å². The van der Waals surface area contributed by atoms with Crippen LogP contribution in [0.25, 0.3) is 5.76 Å². The molecule has 1 aromatic heterocycles. The monoisotopic (exact) mass is 506 g/mol. The number of aromatic nitrogens is 1. The quantitative estimate of drug-likeness (QED) is 0.217. The third-order valence-corrected chi connectivity index (χ3v) is 6.06. The molecule has 1 fully saturated rings. The highest BCUT2D eigenvalue weighted by atomic mass is 35.5. The summed E-state index contributed by atoms with van der Waals surface area (Å²) >= 11 is 6.11. The number of Topliss-reactive ketones (excluding diaryl/α,β-unsaturated/α-hetero) is 1. The average molecular weight is 507 g/mol. The van der Waals surface area contributed by atoms with E-state index in [0.717, 1.165) is 0 Å². The lowest BCUT2D eigenvalue weighted by atomic mass is 9.98. The number of ether oxygens (including phenoxy) is 2. The molecule has 8 nitrogen and oxygen atoms in total. The van der Waals surface area contributed by atoms with Crippen molar-refractivity contribution in [2.45, 2.75) is 19.5 Å². The maximum atomic E-state index is 13.2. The van der Waals surface area contributed by atoms with Crippen LogP contribution in [0.15, 0.2) is 72.4 Å². The Hall–Kier alpha value is -4.17. The van der Waals surface area contributed by atoms with E-state index in [1.165, 1.54) is 30.2 Å². The molecule has 2 aromatic carbocycles. The van der Waals surface area contributed by atoms with E-state index in [1.54, 1.807) is 55.6 Å². The summed E-state index contributed by atoms with van der Waals surface area (Å²) in [6.45, 7) is 2.03. The summed E-state index contributed by atoms with van der Waals surface area (Å²) in [5.74, 6) is -2.11. The maximum Gasteiger partial charge on any atom is 0.338 e. The first kappa shape index (κ1) is 24.9. The van der Waals surface area contributed by atoms with Crippen LogP contribution < -0.4 is 4.74 Å². The molecular weight excluding hydrogens is 484 g/mol. The smallest absolute Gasteiger partial charge is 0.338 e. The number of aliphatic hydroxyl groups is 1. The molecule has 0 aliphatic carbocycles. The van der Waals surface area contributed by atoms with Crippen molar-refractivity contribution in [1.29, 1.82) is 0 Å². The molecule has 1 saturated heterocycles. The predicted octanol–water partition coefficient (Wildman–Crippen LogP) is 4.54. The number of carbonyl (C=O) groups excluding carboxylic acids is 3. The van der Waals surface area contributed by atoms with Gasteiger partial charge in [0.25, 0.3) is 11.7 Å². The standard InChI is InChI=1S/C27H23ClN2O6/c1-3-36-27(34)17-9-7-16(8-10-17)15-30-23(20-6-4-5-13-29-20)22(25(32)26(30)33)24(31)18-11-12-19(28)21(14-18)35-2/h4-14,23,31H,3,15H2,1-2H3/b24-22-. The maximum absolute atomic E-state index is 13.2. The molecule has 1 N–H and O–H groups in total. The molecule has 1 aliphatic rings. The Balaban J connectivity index is 1.76. The van der Waals surface area contributed by atoms with Gasteiger partial charge in [0.05, 0.1) is 35.6 Å². The number of ketones is 1. The third-order valence-electron chi connectivity index (χ3n) is 5.75. The van der Waals surface area contributed by atoms with Gasteiger partial charge in [-0.1, -0.05) is 29.8 Å². The number of hydrogen-bond acceptors (Lipinski definition) is 7. The SMILES string of the molecule is CCOC(=O)c1ccc(CN2C(=O)C(=O)/C(=C(\O)c3ccc(Cl)c(OC)c3)C2c2ccccn2)cc1. The molecule has 2 heterocycles. The second-order valence-electron chi connectivity index (χ2n) is 7.95. The molecule has 0 bridgehead atoms. The van der Waals surface area contributed by atoms with E-state index in [0.29, 0.717) is 27.6 Å². The summed E-state index contributed by atoms with van der Waals surface area (Å²) in [5.41, 5.74) is 1.65. The number of benzene rings is 2. The Morgan fingerprint density at radius 1 is 1.08 bits per heavy atom. The van der Waals surface area contributed by atoms with Crippen molar-refractivity contribution in [1.82, 2.24) is 9.88 Å². The fraction of sp³-hybridized carbons (Fsp3) is 0.185. The summed E-state index contributed by atoms with van der Waals surface area (Å²) in [6.07, 6.45) is 1.55. The van der Waals surface area contributed by atoms with Gasteiger partial charge in [-0.3, -0.25) is 14.6 Å². The number of nitrogens with zero attached hydrogens (tertiary/aromatic N) is 2. The van der Waals surface area contributed by atoms with Crippen molar-refractivity contribution in [3.63, 3.8) is 0 Å². The van der Waals surface area contributed by atoms with Crippen LogP contribution in [0.3, 0.4) is 0 Å². The largest absolute Gasteiger partial charge is 0.507 e. The summed E-state index contributed by atoms with van der Waals surface area (Å²) in [6, 6.07) is 15.3. The van der Waals surface area contributed by atoms with Gasteiger partial charge in [-0.2, -0.15) is 0 Å². The van der Waals surface area contributed by atoms with Gasteiger partial charge in [-0.25, -0.2) is 4.79 Å². The number of rotatable bonds is 7. The van der Waals surface area contributed by atoms with E-state index in [4.69, 9.17) is 21.1 Å². The normalized spacial score (nSPS) is 16.8. The second-order valence-corrected chi connectivity index (χ2v) is 8.36. The molecular formula is C27H23ClN2O6. The molecule has 0 radical (unpaired) electrons. The number of likely N-dealkylation sites (tertiary alicyclic amines) is 1. The molecule has 1 unspecified atom stereocenters. The van der Waals surface area contributed by atoms with Crippen molar-refractivity contribution in [2.24, 2.45) is 0 Å². The number of carbonyl (C=O) groups is 3. The van der Waals surface area contributed by atoms with E-state index in [9.17, 15) is 19.5 Å². The number of halogens is 1. The Bertz CT molecular complexity index is 1340. The first-order chi connectivity index (χ1) is 17.3. The molecule has 1 atom stereocenters. The van der Waals surface area contributed by atoms with Crippen LogP contribution in [-0.4, -0.2) is 46.4 Å². The van der Waals surface area contributed by atoms with Crippen LogP contribution in [0.5, 0.6) is 5.75 Å². The topological polar surface area (TPSA) is 106 Å². The van der Waals surface area contributed by atoms with Crippen molar-refractivity contribution in [2.75, 3.05) is 13.7 Å². The minimum absolute atomic E-state index is 0.0512. The summed E-state index contributed by atoms with van der Waals surface area (Å²) < 4.78 is 10.2. The first-order valence-corrected chi connectivity index (χ1v) is 11.5. The first-order valence-electron chi connectivity index (χ1n) is 11.1. The van der Waals surface area contributed by atoms with E-state index in [1.807, 2.05) is 0 Å². The van der Waals surface area contributed by atoms with E-state index >= 15 is 0 Å². The predicted molar refractivity (Wildman–Crippen MR) is 132 cm³/mol. The van der Waals surface area contributed by atoms with Crippen LogP contribution in [0.2, 0.25) is 5.02 Å². The van der Waals surface area contributed by atoms with Crippen LogP contribution in [0.4, 0.5) is 0 Å². The third kappa shape index (κ3) is 4.81. The number of esters is 1. The minimum atomic E-state index is -0.933. The van der Waals surface area contributed by atoms with Crippen LogP contribution >= 0.6 is 11.6 Å². The van der Waals surface area contributed by atoms with E-state index in [2.05, 4.69) is 4.98 Å². The highest BCUT2D eigenvalue weighted by molar-refractivity contribution is 6.46. The zero-order valence-electron chi connectivity index (χ0n) is 19.6. The highest BCUT2D eigenvalue weighted by Crippen LogP contribution is 2.40. The van der Waals surface area contributed by atoms with Gasteiger partial charge >= 0.3 is 5.97 Å². The van der Waals surface area contributed by atoms with Gasteiger partial charge in [0.2, 0.25) is 0 Å². The van der Waals surface area contributed by atoms with Gasteiger partial charge in [0.15, 0.2) is 0 Å². The molecule has 4 rings (SSSR count). The molecule has 1 aliphatic heterocycles. The van der Waals surface area contributed by atoms with Gasteiger partial charge in [0.1, 0.15) is 17.6 Å². The van der Waals surface area contributed by atoms with Crippen LogP contribution in [0.1, 0.15) is 40.1 Å². The Labute approximate surface area is 212 Å². The van der Waals surface area contributed by atoms with Crippen LogP contribution in [-0.2, 0) is 20.9 Å². The number of aliphatic hydroxyl groups excluding tert-OH is 1. The fourth-order valence-corrected chi connectivity index (χ4v) is 4.20. The van der Waals surface area contributed by atoms with E-state index in [-0.39, 0.29) is 30.0 Å². The lowest BCUT2D eigenvalue weighted by Gasteiger charge is -2.24. The van der Waals surface area contributed by atoms with Crippen molar-refractivity contribution < 1.29 is 29.0 Å². The fourth-order valence-electron chi connectivity index (χ4n) is 4.01. The Kier molecular flexibility index (Phi) is 7.36. The lowest BCUT2D eigenvalue weighted by Crippen LogP contribution is -2.29. The highest BCUT2D eigenvalue weighted by Gasteiger charge is 2.46. The number of methoxy groups -OCH3 is 1. The molecule has 184 valence electrons. The van der Waals surface area contributed by atoms with Gasteiger partial charge in [-0.15, -0.1) is 0 Å². The average Bonchev–Trinajstić information content (AvgIpc) is 3.14. The van der Waals surface area contributed by atoms with Gasteiger partial charge < -0.3 is 19.5 Å². The molecule has 36 heavy (non-hydrogen) atoms. The number of hydrogen-bond donors (Lipinski definition) is 1. The zero-order valence-corrected chi connectivity index (χ0v) is 20.4. The Morgan fingerprint density at radius 2 is 1.81 bits per heavy atom. The summed E-state index contributed by atoms with van der Waals surface area (Å²) in [7, 11) is 1.44.